The minimum Gasteiger partial charge on any atom is -0.496 e. The van der Waals surface area contributed by atoms with E-state index in [1.54, 1.807) is 25.3 Å². The summed E-state index contributed by atoms with van der Waals surface area (Å²) in [6.07, 6.45) is 3.56. The number of amides is 1. The Kier molecular flexibility index (Phi) is 5.68. The van der Waals surface area contributed by atoms with Crippen LogP contribution in [0.15, 0.2) is 18.2 Å². The summed E-state index contributed by atoms with van der Waals surface area (Å²) in [6, 6.07) is 5.06. The van der Waals surface area contributed by atoms with Crippen LogP contribution in [0.3, 0.4) is 0 Å². The van der Waals surface area contributed by atoms with E-state index in [1.165, 1.54) is 25.9 Å². The molecule has 1 fully saturated rings. The number of carbonyl (C=O) groups excluding carboxylic acids is 1. The molecule has 110 valence electrons. The van der Waals surface area contributed by atoms with Crippen molar-refractivity contribution in [2.45, 2.75) is 19.3 Å². The average Bonchev–Trinajstić information content (AvgIpc) is 2.96. The molecule has 1 aliphatic rings. The SMILES string of the molecule is COc1ccc(Cl)cc1C(=O)NCCCN1CCCC1. The Hall–Kier alpha value is -1.26. The van der Waals surface area contributed by atoms with Crippen LogP contribution in [0, 0.1) is 0 Å². The molecule has 20 heavy (non-hydrogen) atoms. The summed E-state index contributed by atoms with van der Waals surface area (Å²) in [5.41, 5.74) is 0.487. The number of carbonyl (C=O) groups is 1. The standard InChI is InChI=1S/C15H21ClN2O2/c1-20-14-6-5-12(16)11-13(14)15(19)17-7-4-10-18-8-2-3-9-18/h5-6,11H,2-4,7-10H2,1H3,(H,17,19). The van der Waals surface area contributed by atoms with Gasteiger partial charge in [-0.2, -0.15) is 0 Å². The molecule has 1 N–H and O–H groups in total. The molecule has 0 spiro atoms. The second-order valence-electron chi connectivity index (χ2n) is 5.00. The Balaban J connectivity index is 1.80. The first kappa shape index (κ1) is 15.1. The molecule has 0 bridgehead atoms. The Labute approximate surface area is 125 Å². The van der Waals surface area contributed by atoms with E-state index >= 15 is 0 Å². The van der Waals surface area contributed by atoms with E-state index in [0.717, 1.165) is 13.0 Å². The number of methoxy groups -OCH3 is 1. The highest BCUT2D eigenvalue weighted by atomic mass is 35.5. The Morgan fingerprint density at radius 2 is 2.15 bits per heavy atom. The number of likely N-dealkylation sites (tertiary alicyclic amines) is 1. The van der Waals surface area contributed by atoms with Crippen LogP contribution in [0.1, 0.15) is 29.6 Å². The number of ether oxygens (including phenoxy) is 1. The summed E-state index contributed by atoms with van der Waals surface area (Å²) in [5.74, 6) is 0.414. The number of hydrogen-bond acceptors (Lipinski definition) is 3. The van der Waals surface area contributed by atoms with Crippen molar-refractivity contribution in [3.8, 4) is 5.75 Å². The van der Waals surface area contributed by atoms with Gasteiger partial charge in [-0.3, -0.25) is 4.79 Å². The van der Waals surface area contributed by atoms with Crippen molar-refractivity contribution in [1.29, 1.82) is 0 Å². The van der Waals surface area contributed by atoms with Gasteiger partial charge in [-0.15, -0.1) is 0 Å². The predicted molar refractivity (Wildman–Crippen MR) is 80.6 cm³/mol. The maximum Gasteiger partial charge on any atom is 0.255 e. The summed E-state index contributed by atoms with van der Waals surface area (Å²) in [4.78, 5) is 14.5. The molecule has 0 saturated carbocycles. The molecule has 4 nitrogen and oxygen atoms in total. The minimum atomic E-state index is -0.134. The molecule has 0 unspecified atom stereocenters. The van der Waals surface area contributed by atoms with Crippen LogP contribution >= 0.6 is 11.6 Å². The van der Waals surface area contributed by atoms with E-state index in [1.807, 2.05) is 0 Å². The highest BCUT2D eigenvalue weighted by Gasteiger charge is 2.13. The lowest BCUT2D eigenvalue weighted by molar-refractivity contribution is 0.0949. The Morgan fingerprint density at radius 1 is 1.40 bits per heavy atom. The highest BCUT2D eigenvalue weighted by Crippen LogP contribution is 2.22. The van der Waals surface area contributed by atoms with Gasteiger partial charge in [0.25, 0.3) is 5.91 Å². The zero-order chi connectivity index (χ0) is 14.4. The first-order valence-corrected chi connectivity index (χ1v) is 7.42. The topological polar surface area (TPSA) is 41.6 Å². The second-order valence-corrected chi connectivity index (χ2v) is 5.44. The van der Waals surface area contributed by atoms with E-state index in [4.69, 9.17) is 16.3 Å². The van der Waals surface area contributed by atoms with Crippen LogP contribution in [0.5, 0.6) is 5.75 Å². The van der Waals surface area contributed by atoms with Crippen molar-refractivity contribution in [3.63, 3.8) is 0 Å². The number of benzene rings is 1. The molecule has 0 aromatic heterocycles. The van der Waals surface area contributed by atoms with Crippen molar-refractivity contribution in [2.75, 3.05) is 33.3 Å². The number of halogens is 1. The lowest BCUT2D eigenvalue weighted by atomic mass is 10.2. The monoisotopic (exact) mass is 296 g/mol. The summed E-state index contributed by atoms with van der Waals surface area (Å²) in [5, 5.41) is 3.46. The first-order valence-electron chi connectivity index (χ1n) is 7.05. The van der Waals surface area contributed by atoms with Crippen molar-refractivity contribution in [1.82, 2.24) is 10.2 Å². The largest absolute Gasteiger partial charge is 0.496 e. The highest BCUT2D eigenvalue weighted by molar-refractivity contribution is 6.31. The van der Waals surface area contributed by atoms with E-state index in [-0.39, 0.29) is 5.91 Å². The fraction of sp³-hybridized carbons (Fsp3) is 0.533. The van der Waals surface area contributed by atoms with Crippen LogP contribution in [-0.2, 0) is 0 Å². The Bertz CT molecular complexity index is 459. The van der Waals surface area contributed by atoms with Gasteiger partial charge in [0.1, 0.15) is 5.75 Å². The number of nitrogens with one attached hydrogen (secondary N) is 1. The molecule has 1 saturated heterocycles. The van der Waals surface area contributed by atoms with Crippen molar-refractivity contribution >= 4 is 17.5 Å². The number of hydrogen-bond donors (Lipinski definition) is 1. The van der Waals surface area contributed by atoms with Crippen molar-refractivity contribution in [2.24, 2.45) is 0 Å². The van der Waals surface area contributed by atoms with Crippen LogP contribution in [0.4, 0.5) is 0 Å². The summed E-state index contributed by atoms with van der Waals surface area (Å²) in [7, 11) is 1.55. The molecule has 1 aliphatic heterocycles. The molecule has 2 rings (SSSR count). The zero-order valence-corrected chi connectivity index (χ0v) is 12.6. The van der Waals surface area contributed by atoms with Gasteiger partial charge in [0.15, 0.2) is 0 Å². The summed E-state index contributed by atoms with van der Waals surface area (Å²) >= 11 is 5.92. The summed E-state index contributed by atoms with van der Waals surface area (Å²) < 4.78 is 5.18. The molecule has 1 amide bonds. The van der Waals surface area contributed by atoms with Crippen LogP contribution < -0.4 is 10.1 Å². The predicted octanol–water partition coefficient (Wildman–Crippen LogP) is 2.56. The van der Waals surface area contributed by atoms with Crippen molar-refractivity contribution < 1.29 is 9.53 Å². The maximum absolute atomic E-state index is 12.1. The van der Waals surface area contributed by atoms with Gasteiger partial charge in [0.05, 0.1) is 12.7 Å². The fourth-order valence-electron chi connectivity index (χ4n) is 2.46. The molecular weight excluding hydrogens is 276 g/mol. The second kappa shape index (κ2) is 7.50. The van der Waals surface area contributed by atoms with Crippen LogP contribution in [-0.4, -0.2) is 44.1 Å². The lowest BCUT2D eigenvalue weighted by Gasteiger charge is -2.14. The third-order valence-electron chi connectivity index (χ3n) is 3.54. The number of nitrogens with zero attached hydrogens (tertiary/aromatic N) is 1. The third-order valence-corrected chi connectivity index (χ3v) is 3.78. The van der Waals surface area contributed by atoms with Gasteiger partial charge in [0.2, 0.25) is 0 Å². The molecular formula is C15H21ClN2O2. The van der Waals surface area contributed by atoms with Gasteiger partial charge in [0, 0.05) is 11.6 Å². The fourth-order valence-corrected chi connectivity index (χ4v) is 2.64. The van der Waals surface area contributed by atoms with Crippen molar-refractivity contribution in [3.05, 3.63) is 28.8 Å². The first-order chi connectivity index (χ1) is 9.70. The zero-order valence-electron chi connectivity index (χ0n) is 11.8. The summed E-state index contributed by atoms with van der Waals surface area (Å²) in [6.45, 7) is 4.10. The molecule has 1 heterocycles. The number of rotatable bonds is 6. The maximum atomic E-state index is 12.1. The molecule has 0 aliphatic carbocycles. The van der Waals surface area contributed by atoms with Crippen LogP contribution in [0.25, 0.3) is 0 Å². The van der Waals surface area contributed by atoms with E-state index < -0.39 is 0 Å². The third kappa shape index (κ3) is 4.12. The van der Waals surface area contributed by atoms with E-state index in [2.05, 4.69) is 10.2 Å². The minimum absolute atomic E-state index is 0.134. The molecule has 1 aromatic rings. The van der Waals surface area contributed by atoms with E-state index in [0.29, 0.717) is 22.9 Å². The molecule has 0 atom stereocenters. The van der Waals surface area contributed by atoms with Gasteiger partial charge in [-0.25, -0.2) is 0 Å². The normalized spacial score (nSPS) is 15.3. The average molecular weight is 297 g/mol. The molecule has 0 radical (unpaired) electrons. The molecule has 5 heteroatoms. The lowest BCUT2D eigenvalue weighted by Crippen LogP contribution is -2.28. The van der Waals surface area contributed by atoms with Gasteiger partial charge in [-0.1, -0.05) is 11.6 Å². The Morgan fingerprint density at radius 3 is 2.85 bits per heavy atom. The quantitative estimate of drug-likeness (QED) is 0.820. The van der Waals surface area contributed by atoms with Gasteiger partial charge < -0.3 is 15.0 Å². The van der Waals surface area contributed by atoms with Gasteiger partial charge >= 0.3 is 0 Å². The smallest absolute Gasteiger partial charge is 0.255 e. The van der Waals surface area contributed by atoms with Crippen LogP contribution in [0.2, 0.25) is 5.02 Å². The molecule has 1 aromatic carbocycles. The van der Waals surface area contributed by atoms with Gasteiger partial charge in [-0.05, 0) is 57.1 Å². The van der Waals surface area contributed by atoms with E-state index in [9.17, 15) is 4.79 Å².